The summed E-state index contributed by atoms with van der Waals surface area (Å²) in [5, 5.41) is 2.84. The van der Waals surface area contributed by atoms with Crippen LogP contribution < -0.4 is 0 Å². The van der Waals surface area contributed by atoms with Gasteiger partial charge in [-0.05, 0) is 30.2 Å². The number of nitroso groups, excluding NO2 is 1. The summed E-state index contributed by atoms with van der Waals surface area (Å²) in [6.07, 6.45) is 11.7. The average Bonchev–Trinajstić information content (AvgIpc) is 2.38. The van der Waals surface area contributed by atoms with Crippen LogP contribution in [0.2, 0.25) is 0 Å². The second kappa shape index (κ2) is 11.1. The van der Waals surface area contributed by atoms with E-state index in [1.165, 1.54) is 44.9 Å². The van der Waals surface area contributed by atoms with E-state index in [9.17, 15) is 4.91 Å². The SMILES string of the molecule is CCCCCCCCCc1ccc(N=O)cn1.Cl. The number of nitrogens with zero attached hydrogens (tertiary/aromatic N) is 2. The third-order valence-corrected chi connectivity index (χ3v) is 2.95. The van der Waals surface area contributed by atoms with Crippen LogP contribution in [0.15, 0.2) is 23.5 Å². The lowest BCUT2D eigenvalue weighted by atomic mass is 10.1. The van der Waals surface area contributed by atoms with Crippen molar-refractivity contribution >= 4 is 18.1 Å². The van der Waals surface area contributed by atoms with Gasteiger partial charge in [0.15, 0.2) is 0 Å². The van der Waals surface area contributed by atoms with Crippen LogP contribution in [-0.4, -0.2) is 4.98 Å². The summed E-state index contributed by atoms with van der Waals surface area (Å²) in [7, 11) is 0. The number of aryl methyl sites for hydroxylation is 1. The quantitative estimate of drug-likeness (QED) is 0.457. The lowest BCUT2D eigenvalue weighted by Gasteiger charge is -2.01. The molecule has 0 atom stereocenters. The third-order valence-electron chi connectivity index (χ3n) is 2.95. The van der Waals surface area contributed by atoms with Crippen LogP contribution in [0.3, 0.4) is 0 Å². The Hall–Kier alpha value is -0.960. The maximum atomic E-state index is 10.2. The molecule has 102 valence electrons. The predicted octanol–water partition coefficient (Wildman–Crippen LogP) is 5.19. The Morgan fingerprint density at radius 2 is 1.72 bits per heavy atom. The number of hydrogen-bond acceptors (Lipinski definition) is 3. The molecule has 0 amide bonds. The highest BCUT2D eigenvalue weighted by Crippen LogP contribution is 2.12. The maximum Gasteiger partial charge on any atom is 0.126 e. The van der Waals surface area contributed by atoms with Gasteiger partial charge in [-0.3, -0.25) is 4.98 Å². The largest absolute Gasteiger partial charge is 0.259 e. The molecule has 0 saturated heterocycles. The zero-order valence-electron chi connectivity index (χ0n) is 11.1. The van der Waals surface area contributed by atoms with E-state index in [-0.39, 0.29) is 12.4 Å². The summed E-state index contributed by atoms with van der Waals surface area (Å²) in [5.41, 5.74) is 1.47. The van der Waals surface area contributed by atoms with Gasteiger partial charge in [-0.15, -0.1) is 17.3 Å². The van der Waals surface area contributed by atoms with Gasteiger partial charge in [-0.1, -0.05) is 45.4 Å². The zero-order chi connectivity index (χ0) is 12.3. The van der Waals surface area contributed by atoms with Gasteiger partial charge in [0, 0.05) is 5.69 Å². The normalized spacial score (nSPS) is 9.83. The molecule has 0 bridgehead atoms. The molecule has 0 aliphatic rings. The molecule has 0 fully saturated rings. The lowest BCUT2D eigenvalue weighted by molar-refractivity contribution is 0.587. The zero-order valence-corrected chi connectivity index (χ0v) is 11.9. The van der Waals surface area contributed by atoms with Crippen LogP contribution in [0.25, 0.3) is 0 Å². The van der Waals surface area contributed by atoms with Gasteiger partial charge in [-0.2, -0.15) is 0 Å². The van der Waals surface area contributed by atoms with E-state index in [1.54, 1.807) is 12.3 Å². The first-order chi connectivity index (χ1) is 8.36. The Morgan fingerprint density at radius 3 is 2.28 bits per heavy atom. The first kappa shape index (κ1) is 17.0. The molecule has 3 nitrogen and oxygen atoms in total. The van der Waals surface area contributed by atoms with E-state index >= 15 is 0 Å². The average molecular weight is 271 g/mol. The van der Waals surface area contributed by atoms with Gasteiger partial charge < -0.3 is 0 Å². The van der Waals surface area contributed by atoms with Crippen LogP contribution in [0.5, 0.6) is 0 Å². The van der Waals surface area contributed by atoms with Crippen molar-refractivity contribution in [3.8, 4) is 0 Å². The Morgan fingerprint density at radius 1 is 1.06 bits per heavy atom. The van der Waals surface area contributed by atoms with Crippen molar-refractivity contribution in [1.82, 2.24) is 4.98 Å². The molecule has 1 heterocycles. The minimum atomic E-state index is 0. The highest BCUT2D eigenvalue weighted by atomic mass is 35.5. The molecule has 0 saturated carbocycles. The van der Waals surface area contributed by atoms with Crippen molar-refractivity contribution < 1.29 is 0 Å². The van der Waals surface area contributed by atoms with E-state index in [4.69, 9.17) is 0 Å². The van der Waals surface area contributed by atoms with Gasteiger partial charge in [0.25, 0.3) is 0 Å². The molecule has 4 heteroatoms. The monoisotopic (exact) mass is 270 g/mol. The molecule has 1 aromatic rings. The molecule has 0 unspecified atom stereocenters. The van der Waals surface area contributed by atoms with Crippen molar-refractivity contribution in [2.24, 2.45) is 5.18 Å². The number of aromatic nitrogens is 1. The maximum absolute atomic E-state index is 10.2. The van der Waals surface area contributed by atoms with Crippen molar-refractivity contribution in [2.75, 3.05) is 0 Å². The standard InChI is InChI=1S/C14H22N2O.ClH/c1-2-3-4-5-6-7-8-9-13-10-11-14(16-17)12-15-13;/h10-12H,2-9H2,1H3;1H. The molecule has 1 aromatic heterocycles. The number of hydrogen-bond donors (Lipinski definition) is 0. The van der Waals surface area contributed by atoms with Crippen LogP contribution >= 0.6 is 12.4 Å². The lowest BCUT2D eigenvalue weighted by Crippen LogP contribution is -1.89. The topological polar surface area (TPSA) is 42.3 Å². The minimum Gasteiger partial charge on any atom is -0.259 e. The highest BCUT2D eigenvalue weighted by Gasteiger charge is 1.97. The van der Waals surface area contributed by atoms with Crippen LogP contribution in [0.1, 0.15) is 57.6 Å². The smallest absolute Gasteiger partial charge is 0.126 e. The van der Waals surface area contributed by atoms with Crippen molar-refractivity contribution in [2.45, 2.75) is 58.3 Å². The fourth-order valence-electron chi connectivity index (χ4n) is 1.88. The molecular weight excluding hydrogens is 248 g/mol. The van der Waals surface area contributed by atoms with Gasteiger partial charge in [0.05, 0.1) is 6.20 Å². The summed E-state index contributed by atoms with van der Waals surface area (Å²) in [4.78, 5) is 14.4. The van der Waals surface area contributed by atoms with Gasteiger partial charge in [0.2, 0.25) is 0 Å². The van der Waals surface area contributed by atoms with Crippen LogP contribution in [0.4, 0.5) is 5.69 Å². The molecule has 0 aromatic carbocycles. The van der Waals surface area contributed by atoms with Crippen LogP contribution in [0, 0.1) is 4.91 Å². The van der Waals surface area contributed by atoms with E-state index in [0.29, 0.717) is 5.69 Å². The van der Waals surface area contributed by atoms with Crippen LogP contribution in [-0.2, 0) is 6.42 Å². The van der Waals surface area contributed by atoms with E-state index in [0.717, 1.165) is 12.1 Å². The second-order valence-corrected chi connectivity index (χ2v) is 4.47. The molecule has 0 N–H and O–H groups in total. The summed E-state index contributed by atoms with van der Waals surface area (Å²) >= 11 is 0. The number of pyridine rings is 1. The molecule has 0 spiro atoms. The van der Waals surface area contributed by atoms with Crippen molar-refractivity contribution in [3.05, 3.63) is 28.9 Å². The number of unbranched alkanes of at least 4 members (excludes halogenated alkanes) is 6. The van der Waals surface area contributed by atoms with E-state index < -0.39 is 0 Å². The molecule has 0 aliphatic carbocycles. The first-order valence-corrected chi connectivity index (χ1v) is 6.65. The minimum absolute atomic E-state index is 0. The Kier molecular flexibility index (Phi) is 10.6. The number of rotatable bonds is 9. The molecule has 1 rings (SSSR count). The summed E-state index contributed by atoms with van der Waals surface area (Å²) in [5.74, 6) is 0. The van der Waals surface area contributed by atoms with Crippen molar-refractivity contribution in [1.29, 1.82) is 0 Å². The summed E-state index contributed by atoms with van der Waals surface area (Å²) < 4.78 is 0. The molecular formula is C14H23ClN2O. The van der Waals surface area contributed by atoms with Gasteiger partial charge in [-0.25, -0.2) is 0 Å². The molecule has 0 aliphatic heterocycles. The fraction of sp³-hybridized carbons (Fsp3) is 0.643. The summed E-state index contributed by atoms with van der Waals surface area (Å²) in [6.45, 7) is 2.24. The predicted molar refractivity (Wildman–Crippen MR) is 78.6 cm³/mol. The Balaban J connectivity index is 0.00000289. The fourth-order valence-corrected chi connectivity index (χ4v) is 1.88. The highest BCUT2D eigenvalue weighted by molar-refractivity contribution is 5.85. The second-order valence-electron chi connectivity index (χ2n) is 4.47. The first-order valence-electron chi connectivity index (χ1n) is 6.65. The Bertz CT molecular complexity index is 314. The molecule has 0 radical (unpaired) electrons. The summed E-state index contributed by atoms with van der Waals surface area (Å²) in [6, 6.07) is 3.63. The van der Waals surface area contributed by atoms with Gasteiger partial charge >= 0.3 is 0 Å². The number of halogens is 1. The molecule has 18 heavy (non-hydrogen) atoms. The van der Waals surface area contributed by atoms with E-state index in [2.05, 4.69) is 17.1 Å². The van der Waals surface area contributed by atoms with E-state index in [1.807, 2.05) is 6.07 Å². The third kappa shape index (κ3) is 7.38. The van der Waals surface area contributed by atoms with Gasteiger partial charge in [0.1, 0.15) is 5.69 Å². The van der Waals surface area contributed by atoms with Crippen molar-refractivity contribution in [3.63, 3.8) is 0 Å². The Labute approximate surface area is 116 Å².